The molecule has 0 unspecified atom stereocenters. The lowest BCUT2D eigenvalue weighted by Crippen LogP contribution is -2.39. The highest BCUT2D eigenvalue weighted by molar-refractivity contribution is 6.00. The summed E-state index contributed by atoms with van der Waals surface area (Å²) in [5, 5.41) is 2.59. The molecule has 1 rings (SSSR count). The second kappa shape index (κ2) is 7.52. The van der Waals surface area contributed by atoms with Crippen molar-refractivity contribution in [3.05, 3.63) is 23.8 Å². The Kier molecular flexibility index (Phi) is 6.02. The van der Waals surface area contributed by atoms with E-state index in [1.165, 1.54) is 0 Å². The zero-order chi connectivity index (χ0) is 16.0. The lowest BCUT2D eigenvalue weighted by atomic mass is 10.1. The zero-order valence-corrected chi connectivity index (χ0v) is 13.1. The largest absolute Gasteiger partial charge is 0.399 e. The van der Waals surface area contributed by atoms with Gasteiger partial charge >= 0.3 is 0 Å². The summed E-state index contributed by atoms with van der Waals surface area (Å²) in [6, 6.07) is 5.05. The number of nitrogens with two attached hydrogens (primary N) is 1. The van der Waals surface area contributed by atoms with Gasteiger partial charge in [0, 0.05) is 32.9 Å². The minimum absolute atomic E-state index is 0.0211. The van der Waals surface area contributed by atoms with Crippen molar-refractivity contribution in [1.82, 2.24) is 10.2 Å². The quantitative estimate of drug-likeness (QED) is 0.765. The van der Waals surface area contributed by atoms with Gasteiger partial charge in [0.05, 0.1) is 17.8 Å². The Hall–Kier alpha value is -2.24. The minimum Gasteiger partial charge on any atom is -0.399 e. The van der Waals surface area contributed by atoms with Crippen molar-refractivity contribution in [2.24, 2.45) is 0 Å². The van der Waals surface area contributed by atoms with Crippen LogP contribution in [-0.4, -0.2) is 50.4 Å². The fourth-order valence-corrected chi connectivity index (χ4v) is 2.16. The number of hydrogen-bond acceptors (Lipinski definition) is 4. The molecule has 0 bridgehead atoms. The molecule has 0 atom stereocenters. The molecule has 6 heteroatoms. The van der Waals surface area contributed by atoms with E-state index in [-0.39, 0.29) is 18.4 Å². The zero-order valence-electron chi connectivity index (χ0n) is 13.1. The van der Waals surface area contributed by atoms with Crippen molar-refractivity contribution in [1.29, 1.82) is 0 Å². The Morgan fingerprint density at radius 3 is 2.38 bits per heavy atom. The van der Waals surface area contributed by atoms with Gasteiger partial charge in [-0.05, 0) is 32.0 Å². The summed E-state index contributed by atoms with van der Waals surface area (Å²) in [5.41, 5.74) is 7.50. The number of carbonyl (C=O) groups is 2. The first kappa shape index (κ1) is 16.8. The van der Waals surface area contributed by atoms with Crippen LogP contribution in [0.3, 0.4) is 0 Å². The Balaban J connectivity index is 3.01. The molecule has 116 valence electrons. The average molecular weight is 292 g/mol. The summed E-state index contributed by atoms with van der Waals surface area (Å²) in [5.74, 6) is -0.181. The van der Waals surface area contributed by atoms with Crippen molar-refractivity contribution in [2.45, 2.75) is 13.8 Å². The molecule has 0 aliphatic rings. The Bertz CT molecular complexity index is 512. The van der Waals surface area contributed by atoms with Gasteiger partial charge in [-0.1, -0.05) is 0 Å². The summed E-state index contributed by atoms with van der Waals surface area (Å²) in [6.45, 7) is 5.43. The monoisotopic (exact) mass is 292 g/mol. The molecule has 0 spiro atoms. The normalized spacial score (nSPS) is 10.1. The van der Waals surface area contributed by atoms with Gasteiger partial charge in [0.25, 0.3) is 5.91 Å². The van der Waals surface area contributed by atoms with E-state index < -0.39 is 0 Å². The van der Waals surface area contributed by atoms with Crippen LogP contribution in [0, 0.1) is 0 Å². The minimum atomic E-state index is -0.202. The second-order valence-corrected chi connectivity index (χ2v) is 4.78. The highest BCUT2D eigenvalue weighted by Gasteiger charge is 2.18. The van der Waals surface area contributed by atoms with Crippen molar-refractivity contribution in [3.8, 4) is 0 Å². The third-order valence-corrected chi connectivity index (χ3v) is 3.39. The Morgan fingerprint density at radius 1 is 1.24 bits per heavy atom. The van der Waals surface area contributed by atoms with Crippen molar-refractivity contribution in [2.75, 3.05) is 44.4 Å². The van der Waals surface area contributed by atoms with Crippen LogP contribution in [0.1, 0.15) is 24.2 Å². The molecule has 0 saturated carbocycles. The maximum Gasteiger partial charge on any atom is 0.253 e. The molecule has 1 aromatic rings. The highest BCUT2D eigenvalue weighted by Crippen LogP contribution is 2.22. The van der Waals surface area contributed by atoms with E-state index in [4.69, 9.17) is 5.73 Å². The number of likely N-dealkylation sites (N-methyl/N-ethyl adjacent to an activating group) is 2. The Morgan fingerprint density at radius 2 is 1.86 bits per heavy atom. The van der Waals surface area contributed by atoms with Crippen LogP contribution in [0.25, 0.3) is 0 Å². The van der Waals surface area contributed by atoms with Crippen LogP contribution in [0.2, 0.25) is 0 Å². The molecule has 0 aliphatic heterocycles. The fourth-order valence-electron chi connectivity index (χ4n) is 2.16. The van der Waals surface area contributed by atoms with Crippen LogP contribution in [-0.2, 0) is 4.79 Å². The number of nitrogens with one attached hydrogen (secondary N) is 1. The average Bonchev–Trinajstić information content (AvgIpc) is 2.47. The standard InChI is InChI=1S/C15H24N4O2/c1-5-19(6-2)14(20)10-18(4)13-9-11(16)7-8-12(13)15(21)17-3/h7-9H,5-6,10,16H2,1-4H3,(H,17,21). The summed E-state index contributed by atoms with van der Waals surface area (Å²) in [7, 11) is 3.35. The number of benzene rings is 1. The van der Waals surface area contributed by atoms with Crippen LogP contribution in [0.15, 0.2) is 18.2 Å². The van der Waals surface area contributed by atoms with Crippen LogP contribution >= 0.6 is 0 Å². The SMILES string of the molecule is CCN(CC)C(=O)CN(C)c1cc(N)ccc1C(=O)NC. The van der Waals surface area contributed by atoms with E-state index in [1.54, 1.807) is 42.1 Å². The number of carbonyl (C=O) groups excluding carboxylic acids is 2. The number of hydrogen-bond donors (Lipinski definition) is 2. The first-order valence-electron chi connectivity index (χ1n) is 7.05. The maximum atomic E-state index is 12.2. The van der Waals surface area contributed by atoms with Crippen molar-refractivity contribution >= 4 is 23.2 Å². The predicted molar refractivity (Wildman–Crippen MR) is 85.4 cm³/mol. The maximum absolute atomic E-state index is 12.2. The molecule has 0 heterocycles. The predicted octanol–water partition coefficient (Wildman–Crippen LogP) is 0.933. The van der Waals surface area contributed by atoms with Crippen LogP contribution in [0.5, 0.6) is 0 Å². The molecule has 6 nitrogen and oxygen atoms in total. The van der Waals surface area contributed by atoms with Gasteiger partial charge in [0.15, 0.2) is 0 Å². The van der Waals surface area contributed by atoms with Crippen molar-refractivity contribution in [3.63, 3.8) is 0 Å². The van der Waals surface area contributed by atoms with Gasteiger partial charge < -0.3 is 20.9 Å². The summed E-state index contributed by atoms with van der Waals surface area (Å²) in [4.78, 5) is 27.6. The molecule has 1 aromatic carbocycles. The molecular formula is C15H24N4O2. The fraction of sp³-hybridized carbons (Fsp3) is 0.467. The smallest absolute Gasteiger partial charge is 0.253 e. The van der Waals surface area contributed by atoms with Gasteiger partial charge in [-0.2, -0.15) is 0 Å². The van der Waals surface area contributed by atoms with E-state index >= 15 is 0 Å². The second-order valence-electron chi connectivity index (χ2n) is 4.78. The number of anilines is 2. The third kappa shape index (κ3) is 4.11. The van der Waals surface area contributed by atoms with E-state index in [0.717, 1.165) is 0 Å². The van der Waals surface area contributed by atoms with Gasteiger partial charge in [-0.15, -0.1) is 0 Å². The molecule has 21 heavy (non-hydrogen) atoms. The Labute approximate surface area is 125 Å². The van der Waals surface area contributed by atoms with E-state index in [2.05, 4.69) is 5.32 Å². The van der Waals surface area contributed by atoms with E-state index in [0.29, 0.717) is 30.0 Å². The number of nitrogens with zero attached hydrogens (tertiary/aromatic N) is 2. The van der Waals surface area contributed by atoms with Gasteiger partial charge in [-0.3, -0.25) is 9.59 Å². The van der Waals surface area contributed by atoms with Gasteiger partial charge in [-0.25, -0.2) is 0 Å². The molecule has 0 aromatic heterocycles. The van der Waals surface area contributed by atoms with Gasteiger partial charge in [0.2, 0.25) is 5.91 Å². The molecule has 0 fully saturated rings. The molecular weight excluding hydrogens is 268 g/mol. The van der Waals surface area contributed by atoms with Crippen molar-refractivity contribution < 1.29 is 9.59 Å². The lowest BCUT2D eigenvalue weighted by molar-refractivity contribution is -0.129. The number of amides is 2. The summed E-state index contributed by atoms with van der Waals surface area (Å²) >= 11 is 0. The molecule has 0 radical (unpaired) electrons. The van der Waals surface area contributed by atoms with Crippen LogP contribution < -0.4 is 16.0 Å². The summed E-state index contributed by atoms with van der Waals surface area (Å²) in [6.07, 6.45) is 0. The number of nitrogen functional groups attached to an aromatic ring is 1. The highest BCUT2D eigenvalue weighted by atomic mass is 16.2. The summed E-state index contributed by atoms with van der Waals surface area (Å²) < 4.78 is 0. The molecule has 0 aliphatic carbocycles. The first-order valence-corrected chi connectivity index (χ1v) is 7.05. The topological polar surface area (TPSA) is 78.7 Å². The third-order valence-electron chi connectivity index (χ3n) is 3.39. The van der Waals surface area contributed by atoms with Crippen LogP contribution in [0.4, 0.5) is 11.4 Å². The van der Waals surface area contributed by atoms with E-state index in [9.17, 15) is 9.59 Å². The molecule has 3 N–H and O–H groups in total. The molecule has 2 amide bonds. The van der Waals surface area contributed by atoms with E-state index in [1.807, 2.05) is 13.8 Å². The first-order chi connectivity index (χ1) is 9.94. The molecule has 0 saturated heterocycles. The van der Waals surface area contributed by atoms with Gasteiger partial charge in [0.1, 0.15) is 0 Å². The lowest BCUT2D eigenvalue weighted by Gasteiger charge is -2.26. The number of rotatable bonds is 6.